The largest absolute Gasteiger partial charge is 0.508 e. The molecule has 5 rings (SSSR count). The first-order valence-electron chi connectivity index (χ1n) is 12.0. The van der Waals surface area contributed by atoms with Crippen molar-refractivity contribution in [3.05, 3.63) is 41.2 Å². The van der Waals surface area contributed by atoms with Crippen molar-refractivity contribution >= 4 is 5.91 Å². The fourth-order valence-electron chi connectivity index (χ4n) is 7.09. The van der Waals surface area contributed by atoms with Crippen molar-refractivity contribution < 1.29 is 19.0 Å². The maximum atomic E-state index is 15.2. The molecule has 1 N–H and O–H groups in total. The van der Waals surface area contributed by atoms with Gasteiger partial charge in [0.05, 0.1) is 13.2 Å². The van der Waals surface area contributed by atoms with E-state index >= 15 is 4.39 Å². The molecule has 0 radical (unpaired) electrons. The third-order valence-corrected chi connectivity index (χ3v) is 8.62. The third-order valence-electron chi connectivity index (χ3n) is 8.62. The predicted octanol–water partition coefficient (Wildman–Crippen LogP) is 4.97. The van der Waals surface area contributed by atoms with Gasteiger partial charge in [0.1, 0.15) is 11.6 Å². The number of hydrogen-bond acceptors (Lipinski definition) is 3. The smallest absolute Gasteiger partial charge is 0.222 e. The van der Waals surface area contributed by atoms with Crippen LogP contribution in [0.5, 0.6) is 5.75 Å². The molecule has 1 heterocycles. The standard InChI is InChI=1S/C26H34FNO3/c1-26-10-9-21-20-8-6-19(29)15-17(20)5-7-22(21)25(26)18(16-23(26)27)3-2-4-24(30)28-11-13-31-14-12-28/h6,8,15-16,18,21-22,25,29H,2-5,7,9-14H2,1H3/t18-,21-,22-,25+,26-/m1/s1. The molecule has 2 fully saturated rings. The number of phenols is 1. The number of aromatic hydroxyl groups is 1. The normalized spacial score (nSPS) is 34.5. The number of ether oxygens (including phenoxy) is 1. The topological polar surface area (TPSA) is 49.8 Å². The van der Waals surface area contributed by atoms with Crippen LogP contribution >= 0.6 is 0 Å². The van der Waals surface area contributed by atoms with Crippen molar-refractivity contribution in [2.45, 2.75) is 57.8 Å². The number of allylic oxidation sites excluding steroid dienone is 2. The molecule has 0 spiro atoms. The highest BCUT2D eigenvalue weighted by Crippen LogP contribution is 2.63. The number of benzene rings is 1. The molecule has 0 unspecified atom stereocenters. The van der Waals surface area contributed by atoms with E-state index in [-0.39, 0.29) is 23.1 Å². The summed E-state index contributed by atoms with van der Waals surface area (Å²) in [5, 5.41) is 9.89. The lowest BCUT2D eigenvalue weighted by molar-refractivity contribution is -0.135. The zero-order valence-electron chi connectivity index (χ0n) is 18.5. The van der Waals surface area contributed by atoms with E-state index in [9.17, 15) is 9.90 Å². The van der Waals surface area contributed by atoms with Gasteiger partial charge in [-0.3, -0.25) is 4.79 Å². The molecule has 1 saturated heterocycles. The molecular formula is C26H34FNO3. The van der Waals surface area contributed by atoms with Crippen molar-refractivity contribution in [1.29, 1.82) is 0 Å². The Labute approximate surface area is 184 Å². The van der Waals surface area contributed by atoms with Gasteiger partial charge in [0.25, 0.3) is 0 Å². The zero-order valence-corrected chi connectivity index (χ0v) is 18.5. The second kappa shape index (κ2) is 8.23. The number of rotatable bonds is 4. The number of hydrogen-bond donors (Lipinski definition) is 1. The number of morpholine rings is 1. The quantitative estimate of drug-likeness (QED) is 0.738. The molecule has 31 heavy (non-hydrogen) atoms. The number of nitrogens with zero attached hydrogens (tertiary/aromatic N) is 1. The number of fused-ring (bicyclic) bond motifs is 5. The highest BCUT2D eigenvalue weighted by Gasteiger charge is 2.55. The summed E-state index contributed by atoms with van der Waals surface area (Å²) >= 11 is 0. The van der Waals surface area contributed by atoms with Crippen LogP contribution in [0, 0.1) is 23.2 Å². The number of phenolic OH excluding ortho intramolecular Hbond substituents is 1. The average Bonchev–Trinajstić information content (AvgIpc) is 3.04. The first kappa shape index (κ1) is 21.0. The second-order valence-electron chi connectivity index (χ2n) is 10.2. The first-order chi connectivity index (χ1) is 15.0. The molecule has 4 aliphatic rings. The molecule has 1 aliphatic heterocycles. The van der Waals surface area contributed by atoms with Crippen LogP contribution < -0.4 is 0 Å². The summed E-state index contributed by atoms with van der Waals surface area (Å²) in [6, 6.07) is 5.82. The molecule has 1 aromatic rings. The molecule has 5 heteroatoms. The zero-order chi connectivity index (χ0) is 21.6. The fourth-order valence-corrected chi connectivity index (χ4v) is 7.09. The van der Waals surface area contributed by atoms with Crippen LogP contribution in [-0.2, 0) is 16.0 Å². The summed E-state index contributed by atoms with van der Waals surface area (Å²) in [4.78, 5) is 14.4. The molecule has 1 aromatic carbocycles. The van der Waals surface area contributed by atoms with E-state index in [1.54, 1.807) is 6.07 Å². The Morgan fingerprint density at radius 3 is 2.90 bits per heavy atom. The summed E-state index contributed by atoms with van der Waals surface area (Å²) in [5.74, 6) is 2.09. The van der Waals surface area contributed by atoms with Crippen molar-refractivity contribution in [2.75, 3.05) is 26.3 Å². The van der Waals surface area contributed by atoms with Gasteiger partial charge in [-0.1, -0.05) is 13.0 Å². The Bertz CT molecular complexity index is 877. The van der Waals surface area contributed by atoms with E-state index in [1.165, 1.54) is 11.1 Å². The van der Waals surface area contributed by atoms with E-state index in [4.69, 9.17) is 4.74 Å². The van der Waals surface area contributed by atoms with Crippen LogP contribution in [0.3, 0.4) is 0 Å². The molecule has 168 valence electrons. The monoisotopic (exact) mass is 427 g/mol. The average molecular weight is 428 g/mol. The minimum atomic E-state index is -0.353. The highest BCUT2D eigenvalue weighted by molar-refractivity contribution is 5.76. The van der Waals surface area contributed by atoms with E-state index < -0.39 is 0 Å². The van der Waals surface area contributed by atoms with Crippen molar-refractivity contribution in [3.8, 4) is 5.75 Å². The van der Waals surface area contributed by atoms with Gasteiger partial charge in [-0.25, -0.2) is 4.39 Å². The van der Waals surface area contributed by atoms with Crippen molar-refractivity contribution in [3.63, 3.8) is 0 Å². The lowest BCUT2D eigenvalue weighted by Gasteiger charge is -2.51. The van der Waals surface area contributed by atoms with Crippen LogP contribution in [0.1, 0.15) is 62.5 Å². The third kappa shape index (κ3) is 3.69. The van der Waals surface area contributed by atoms with Gasteiger partial charge in [-0.2, -0.15) is 0 Å². The van der Waals surface area contributed by atoms with Crippen LogP contribution in [0.25, 0.3) is 0 Å². The summed E-state index contributed by atoms with van der Waals surface area (Å²) in [5.41, 5.74) is 2.28. The summed E-state index contributed by atoms with van der Waals surface area (Å²) in [6.07, 6.45) is 8.06. The SMILES string of the molecule is C[C@]12CC[C@@H]3c4ccc(O)cc4CC[C@H]3[C@@H]1[C@H](CCCC(=O)N1CCOCC1)C=C2F. The van der Waals surface area contributed by atoms with Gasteiger partial charge in [-0.15, -0.1) is 0 Å². The van der Waals surface area contributed by atoms with Crippen molar-refractivity contribution in [1.82, 2.24) is 4.90 Å². The lowest BCUT2D eigenvalue weighted by atomic mass is 9.53. The van der Waals surface area contributed by atoms with Crippen LogP contribution in [0.2, 0.25) is 0 Å². The molecule has 0 aromatic heterocycles. The molecular weight excluding hydrogens is 393 g/mol. The summed E-state index contributed by atoms with van der Waals surface area (Å²) in [7, 11) is 0. The van der Waals surface area contributed by atoms with Gasteiger partial charge >= 0.3 is 0 Å². The molecule has 4 nitrogen and oxygen atoms in total. The number of aryl methyl sites for hydroxylation is 1. The minimum absolute atomic E-state index is 0.0805. The summed E-state index contributed by atoms with van der Waals surface area (Å²) in [6.45, 7) is 4.77. The van der Waals surface area contributed by atoms with Gasteiger partial charge < -0.3 is 14.7 Å². The number of halogens is 1. The maximum absolute atomic E-state index is 15.2. The van der Waals surface area contributed by atoms with E-state index in [0.29, 0.717) is 56.2 Å². The van der Waals surface area contributed by atoms with Crippen LogP contribution in [0.15, 0.2) is 30.1 Å². The Morgan fingerprint density at radius 2 is 2.10 bits per heavy atom. The first-order valence-corrected chi connectivity index (χ1v) is 12.0. The fraction of sp³-hybridized carbons (Fsp3) is 0.654. The van der Waals surface area contributed by atoms with Gasteiger partial charge in [0.2, 0.25) is 5.91 Å². The second-order valence-corrected chi connectivity index (χ2v) is 10.2. The molecule has 1 amide bonds. The predicted molar refractivity (Wildman–Crippen MR) is 117 cm³/mol. The maximum Gasteiger partial charge on any atom is 0.222 e. The minimum Gasteiger partial charge on any atom is -0.508 e. The Kier molecular flexibility index (Phi) is 5.58. The van der Waals surface area contributed by atoms with Gasteiger partial charge in [0.15, 0.2) is 0 Å². The highest BCUT2D eigenvalue weighted by atomic mass is 19.1. The lowest BCUT2D eigenvalue weighted by Crippen LogP contribution is -2.43. The molecule has 3 aliphatic carbocycles. The Balaban J connectivity index is 1.29. The molecule has 0 bridgehead atoms. The van der Waals surface area contributed by atoms with E-state index in [2.05, 4.69) is 13.0 Å². The Hall–Kier alpha value is -1.88. The van der Waals surface area contributed by atoms with E-state index in [1.807, 2.05) is 17.0 Å². The number of carbonyl (C=O) groups excluding carboxylic acids is 1. The van der Waals surface area contributed by atoms with Gasteiger partial charge in [0, 0.05) is 24.9 Å². The number of amides is 1. The number of carbonyl (C=O) groups is 1. The molecule has 1 saturated carbocycles. The van der Waals surface area contributed by atoms with Crippen molar-refractivity contribution in [2.24, 2.45) is 23.2 Å². The molecule has 5 atom stereocenters. The van der Waals surface area contributed by atoms with Crippen LogP contribution in [0.4, 0.5) is 4.39 Å². The van der Waals surface area contributed by atoms with E-state index in [0.717, 1.165) is 38.5 Å². The van der Waals surface area contributed by atoms with Crippen LogP contribution in [-0.4, -0.2) is 42.2 Å². The summed E-state index contributed by atoms with van der Waals surface area (Å²) < 4.78 is 20.6. The Morgan fingerprint density at radius 1 is 1.29 bits per heavy atom. The van der Waals surface area contributed by atoms with Gasteiger partial charge in [-0.05, 0) is 91.5 Å².